The molecule has 2 aliphatic rings. The molecule has 5 rings (SSSR count). The highest BCUT2D eigenvalue weighted by atomic mass is 35.5. The van der Waals surface area contributed by atoms with E-state index in [1.165, 1.54) is 11.6 Å². The summed E-state index contributed by atoms with van der Waals surface area (Å²) in [6.45, 7) is 3.21. The van der Waals surface area contributed by atoms with Crippen LogP contribution in [0, 0.1) is 5.82 Å². The van der Waals surface area contributed by atoms with Crippen LogP contribution in [0.3, 0.4) is 0 Å². The van der Waals surface area contributed by atoms with Crippen LogP contribution in [0.4, 0.5) is 4.39 Å². The molecule has 0 saturated heterocycles. The van der Waals surface area contributed by atoms with Crippen LogP contribution in [0.25, 0.3) is 16.6 Å². The molecular formula is C26H28ClFN4O. The third kappa shape index (κ3) is 4.06. The number of hydrogen-bond donors (Lipinski definition) is 1. The summed E-state index contributed by atoms with van der Waals surface area (Å²) in [7, 11) is 0. The van der Waals surface area contributed by atoms with Gasteiger partial charge in [0.1, 0.15) is 5.82 Å². The fourth-order valence-electron chi connectivity index (χ4n) is 5.17. The number of imidazole rings is 1. The molecule has 1 saturated carbocycles. The van der Waals surface area contributed by atoms with Crippen molar-refractivity contribution >= 4 is 34.1 Å². The Morgan fingerprint density at radius 2 is 2.00 bits per heavy atom. The number of hydrogen-bond acceptors (Lipinski definition) is 3. The van der Waals surface area contributed by atoms with Crippen LogP contribution < -0.4 is 5.73 Å². The molecule has 7 heteroatoms. The van der Waals surface area contributed by atoms with E-state index in [1.807, 2.05) is 22.5 Å². The van der Waals surface area contributed by atoms with E-state index < -0.39 is 5.54 Å². The number of amides is 1. The Kier molecular flexibility index (Phi) is 5.75. The normalized spacial score (nSPS) is 19.0. The molecule has 1 aliphatic heterocycles. The first-order valence-electron chi connectivity index (χ1n) is 11.5. The Morgan fingerprint density at radius 3 is 2.70 bits per heavy atom. The van der Waals surface area contributed by atoms with Gasteiger partial charge in [0, 0.05) is 23.7 Å². The average molecular weight is 467 g/mol. The molecule has 3 aromatic rings. The summed E-state index contributed by atoms with van der Waals surface area (Å²) in [6, 6.07) is 10.7. The molecule has 1 fully saturated rings. The van der Waals surface area contributed by atoms with E-state index in [0.717, 1.165) is 48.7 Å². The number of nitrogens with zero attached hydrogens (tertiary/aromatic N) is 3. The molecule has 1 atom stereocenters. The minimum atomic E-state index is -0.677. The second-order valence-corrected chi connectivity index (χ2v) is 9.73. The van der Waals surface area contributed by atoms with Crippen LogP contribution in [-0.2, 0) is 4.79 Å². The van der Waals surface area contributed by atoms with Gasteiger partial charge < -0.3 is 15.2 Å². The van der Waals surface area contributed by atoms with Crippen molar-refractivity contribution in [2.75, 3.05) is 13.1 Å². The van der Waals surface area contributed by atoms with E-state index in [0.29, 0.717) is 23.7 Å². The van der Waals surface area contributed by atoms with E-state index in [9.17, 15) is 9.18 Å². The molecule has 33 heavy (non-hydrogen) atoms. The summed E-state index contributed by atoms with van der Waals surface area (Å²) in [5.41, 5.74) is 10.4. The zero-order chi connectivity index (χ0) is 23.2. The SMILES string of the molecule is CC(c1ccc(Cl)cc1F)n1cnc2ccc(C3=CCN(C(=O)C4(N)CCCC4)CC3)cc21. The van der Waals surface area contributed by atoms with Gasteiger partial charge in [-0.05, 0) is 61.6 Å². The Hall–Kier alpha value is -2.70. The van der Waals surface area contributed by atoms with Crippen molar-refractivity contribution < 1.29 is 9.18 Å². The smallest absolute Gasteiger partial charge is 0.242 e. The molecular weight excluding hydrogens is 439 g/mol. The molecule has 0 spiro atoms. The Balaban J connectivity index is 1.40. The Bertz CT molecular complexity index is 1240. The van der Waals surface area contributed by atoms with Gasteiger partial charge in [-0.25, -0.2) is 9.37 Å². The summed E-state index contributed by atoms with van der Waals surface area (Å²) in [5, 5.41) is 0.381. The van der Waals surface area contributed by atoms with Gasteiger partial charge in [-0.15, -0.1) is 0 Å². The number of fused-ring (bicyclic) bond motifs is 1. The molecule has 1 aliphatic carbocycles. The first-order valence-corrected chi connectivity index (χ1v) is 11.9. The van der Waals surface area contributed by atoms with Gasteiger partial charge in [0.25, 0.3) is 0 Å². The lowest BCUT2D eigenvalue weighted by Gasteiger charge is -2.33. The van der Waals surface area contributed by atoms with Gasteiger partial charge in [-0.3, -0.25) is 4.79 Å². The van der Waals surface area contributed by atoms with Crippen molar-refractivity contribution in [3.8, 4) is 0 Å². The third-order valence-corrected chi connectivity index (χ3v) is 7.43. The third-order valence-electron chi connectivity index (χ3n) is 7.19. The minimum absolute atomic E-state index is 0.0858. The summed E-state index contributed by atoms with van der Waals surface area (Å²) >= 11 is 5.93. The zero-order valence-corrected chi connectivity index (χ0v) is 19.5. The fraction of sp³-hybridized carbons (Fsp3) is 0.385. The Morgan fingerprint density at radius 1 is 1.21 bits per heavy atom. The van der Waals surface area contributed by atoms with E-state index >= 15 is 0 Å². The van der Waals surface area contributed by atoms with Crippen molar-refractivity contribution in [2.24, 2.45) is 5.73 Å². The molecule has 1 aromatic heterocycles. The van der Waals surface area contributed by atoms with Gasteiger partial charge in [-0.2, -0.15) is 0 Å². The van der Waals surface area contributed by atoms with Crippen molar-refractivity contribution in [3.05, 3.63) is 70.8 Å². The topological polar surface area (TPSA) is 64.2 Å². The molecule has 2 N–H and O–H groups in total. The maximum absolute atomic E-state index is 14.5. The van der Waals surface area contributed by atoms with Gasteiger partial charge in [0.2, 0.25) is 5.91 Å². The lowest BCUT2D eigenvalue weighted by atomic mass is 9.94. The molecule has 0 bridgehead atoms. The second-order valence-electron chi connectivity index (χ2n) is 9.29. The van der Waals surface area contributed by atoms with Crippen LogP contribution in [0.5, 0.6) is 0 Å². The van der Waals surface area contributed by atoms with Crippen molar-refractivity contribution in [1.82, 2.24) is 14.5 Å². The van der Waals surface area contributed by atoms with Gasteiger partial charge in [0.05, 0.1) is 28.9 Å². The summed E-state index contributed by atoms with van der Waals surface area (Å²) in [4.78, 5) is 19.3. The van der Waals surface area contributed by atoms with Crippen molar-refractivity contribution in [3.63, 3.8) is 0 Å². The summed E-state index contributed by atoms with van der Waals surface area (Å²) in [5.74, 6) is -0.240. The first kappa shape index (κ1) is 22.1. The summed E-state index contributed by atoms with van der Waals surface area (Å²) < 4.78 is 16.5. The van der Waals surface area contributed by atoms with Crippen LogP contribution in [0.15, 0.2) is 48.8 Å². The van der Waals surface area contributed by atoms with Gasteiger partial charge in [-0.1, -0.05) is 42.7 Å². The van der Waals surface area contributed by atoms with E-state index in [1.54, 1.807) is 18.5 Å². The minimum Gasteiger partial charge on any atom is -0.337 e. The highest BCUT2D eigenvalue weighted by Gasteiger charge is 2.40. The number of aromatic nitrogens is 2. The lowest BCUT2D eigenvalue weighted by molar-refractivity contribution is -0.136. The van der Waals surface area contributed by atoms with Crippen LogP contribution >= 0.6 is 11.6 Å². The largest absolute Gasteiger partial charge is 0.337 e. The van der Waals surface area contributed by atoms with Crippen molar-refractivity contribution in [2.45, 2.75) is 50.6 Å². The number of halogens is 2. The number of rotatable bonds is 4. The quantitative estimate of drug-likeness (QED) is 0.565. The molecule has 2 aromatic carbocycles. The van der Waals surface area contributed by atoms with Gasteiger partial charge in [0.15, 0.2) is 0 Å². The van der Waals surface area contributed by atoms with Gasteiger partial charge >= 0.3 is 0 Å². The number of nitrogens with two attached hydrogens (primary N) is 1. The number of benzene rings is 2. The molecule has 0 radical (unpaired) electrons. The zero-order valence-electron chi connectivity index (χ0n) is 18.7. The molecule has 2 heterocycles. The van der Waals surface area contributed by atoms with E-state index in [2.05, 4.69) is 23.2 Å². The summed E-state index contributed by atoms with van der Waals surface area (Å²) in [6.07, 6.45) is 8.29. The number of carbonyl (C=O) groups excluding carboxylic acids is 1. The molecule has 1 amide bonds. The van der Waals surface area contributed by atoms with Crippen LogP contribution in [-0.4, -0.2) is 39.0 Å². The average Bonchev–Trinajstić information content (AvgIpc) is 3.45. The fourth-order valence-corrected chi connectivity index (χ4v) is 5.33. The standard InChI is InChI=1S/C26H28ClFN4O/c1-17(21-6-5-20(27)15-22(21)28)32-16-30-23-7-4-19(14-24(23)32)18-8-12-31(13-9-18)25(33)26(29)10-2-3-11-26/h4-8,14-17H,2-3,9-13,29H2,1H3. The highest BCUT2D eigenvalue weighted by molar-refractivity contribution is 6.30. The van der Waals surface area contributed by atoms with E-state index in [4.69, 9.17) is 17.3 Å². The number of carbonyl (C=O) groups is 1. The maximum atomic E-state index is 14.5. The van der Waals surface area contributed by atoms with Crippen LogP contribution in [0.2, 0.25) is 5.02 Å². The predicted molar refractivity (Wildman–Crippen MR) is 130 cm³/mol. The van der Waals surface area contributed by atoms with Crippen LogP contribution in [0.1, 0.15) is 56.2 Å². The van der Waals surface area contributed by atoms with Crippen molar-refractivity contribution in [1.29, 1.82) is 0 Å². The van der Waals surface area contributed by atoms with E-state index in [-0.39, 0.29) is 17.8 Å². The molecule has 5 nitrogen and oxygen atoms in total. The first-order chi connectivity index (χ1) is 15.9. The monoisotopic (exact) mass is 466 g/mol. The molecule has 172 valence electrons. The highest BCUT2D eigenvalue weighted by Crippen LogP contribution is 2.32. The predicted octanol–water partition coefficient (Wildman–Crippen LogP) is 5.33. The second kappa shape index (κ2) is 8.58. The maximum Gasteiger partial charge on any atom is 0.242 e. The Labute approximate surface area is 198 Å². The lowest BCUT2D eigenvalue weighted by Crippen LogP contribution is -2.54. The molecule has 1 unspecified atom stereocenters.